The topological polar surface area (TPSA) is 59.9 Å². The van der Waals surface area contributed by atoms with Crippen molar-refractivity contribution in [1.82, 2.24) is 20.3 Å². The second-order valence-electron chi connectivity index (χ2n) is 5.71. The van der Waals surface area contributed by atoms with Gasteiger partial charge in [0.2, 0.25) is 0 Å². The molecule has 5 nitrogen and oxygen atoms in total. The van der Waals surface area contributed by atoms with Gasteiger partial charge in [-0.2, -0.15) is 0 Å². The Morgan fingerprint density at radius 1 is 1.05 bits per heavy atom. The van der Waals surface area contributed by atoms with Crippen LogP contribution < -0.4 is 10.1 Å². The van der Waals surface area contributed by atoms with E-state index in [-0.39, 0.29) is 5.54 Å². The predicted molar refractivity (Wildman–Crippen MR) is 77.7 cm³/mol. The van der Waals surface area contributed by atoms with E-state index < -0.39 is 0 Å². The Kier molecular flexibility index (Phi) is 4.29. The molecule has 2 rings (SSSR count). The maximum atomic E-state index is 5.53. The molecule has 106 valence electrons. The second-order valence-corrected chi connectivity index (χ2v) is 5.71. The molecule has 0 atom stereocenters. The SMILES string of the molecule is Cc1ccc(Oc2ncc(CNC(C)(C)C)cn2)cn1. The lowest BCUT2D eigenvalue weighted by atomic mass is 10.1. The van der Waals surface area contributed by atoms with Crippen molar-refractivity contribution < 1.29 is 4.74 Å². The van der Waals surface area contributed by atoms with Crippen LogP contribution in [0.15, 0.2) is 30.7 Å². The van der Waals surface area contributed by atoms with Crippen molar-refractivity contribution in [2.45, 2.75) is 39.8 Å². The number of rotatable bonds is 4. The lowest BCUT2D eigenvalue weighted by Crippen LogP contribution is -2.35. The summed E-state index contributed by atoms with van der Waals surface area (Å²) >= 11 is 0. The van der Waals surface area contributed by atoms with Crippen molar-refractivity contribution in [2.24, 2.45) is 0 Å². The zero-order valence-electron chi connectivity index (χ0n) is 12.3. The monoisotopic (exact) mass is 272 g/mol. The van der Waals surface area contributed by atoms with Crippen molar-refractivity contribution in [1.29, 1.82) is 0 Å². The van der Waals surface area contributed by atoms with Crippen LogP contribution in [-0.2, 0) is 6.54 Å². The van der Waals surface area contributed by atoms with Gasteiger partial charge in [-0.15, -0.1) is 0 Å². The van der Waals surface area contributed by atoms with Crippen LogP contribution in [0, 0.1) is 6.92 Å². The van der Waals surface area contributed by atoms with Crippen molar-refractivity contribution in [2.75, 3.05) is 0 Å². The van der Waals surface area contributed by atoms with Gasteiger partial charge >= 0.3 is 6.01 Å². The second kappa shape index (κ2) is 5.96. The van der Waals surface area contributed by atoms with Gasteiger partial charge in [-0.05, 0) is 39.8 Å². The molecule has 0 bridgehead atoms. The first-order valence-electron chi connectivity index (χ1n) is 6.59. The Labute approximate surface area is 119 Å². The maximum Gasteiger partial charge on any atom is 0.321 e. The summed E-state index contributed by atoms with van der Waals surface area (Å²) in [7, 11) is 0. The maximum absolute atomic E-state index is 5.53. The minimum absolute atomic E-state index is 0.0722. The number of hydrogen-bond donors (Lipinski definition) is 1. The third-order valence-corrected chi connectivity index (χ3v) is 2.60. The predicted octanol–water partition coefficient (Wildman–Crippen LogP) is 2.86. The molecule has 0 aliphatic carbocycles. The molecule has 0 aliphatic rings. The minimum Gasteiger partial charge on any atom is -0.423 e. The third kappa shape index (κ3) is 4.59. The molecule has 0 aliphatic heterocycles. The van der Waals surface area contributed by atoms with Crippen LogP contribution in [-0.4, -0.2) is 20.5 Å². The van der Waals surface area contributed by atoms with E-state index in [0.29, 0.717) is 11.8 Å². The highest BCUT2D eigenvalue weighted by Gasteiger charge is 2.09. The zero-order chi connectivity index (χ0) is 14.6. The number of aromatic nitrogens is 3. The van der Waals surface area contributed by atoms with E-state index in [0.717, 1.165) is 17.8 Å². The van der Waals surface area contributed by atoms with Crippen LogP contribution in [0.5, 0.6) is 11.8 Å². The molecule has 0 spiro atoms. The van der Waals surface area contributed by atoms with Gasteiger partial charge in [-0.3, -0.25) is 4.98 Å². The third-order valence-electron chi connectivity index (χ3n) is 2.60. The van der Waals surface area contributed by atoms with Crippen molar-refractivity contribution >= 4 is 0 Å². The first kappa shape index (κ1) is 14.4. The summed E-state index contributed by atoms with van der Waals surface area (Å²) in [5.41, 5.74) is 2.04. The van der Waals surface area contributed by atoms with Crippen LogP contribution in [0.2, 0.25) is 0 Å². The molecule has 0 saturated heterocycles. The Bertz CT molecular complexity index is 544. The molecule has 2 heterocycles. The quantitative estimate of drug-likeness (QED) is 0.927. The highest BCUT2D eigenvalue weighted by Crippen LogP contribution is 2.16. The lowest BCUT2D eigenvalue weighted by Gasteiger charge is -2.20. The average molecular weight is 272 g/mol. The van der Waals surface area contributed by atoms with E-state index in [2.05, 4.69) is 41.0 Å². The lowest BCUT2D eigenvalue weighted by molar-refractivity contribution is 0.419. The fourth-order valence-corrected chi connectivity index (χ4v) is 1.47. The van der Waals surface area contributed by atoms with Gasteiger partial charge in [0.05, 0.1) is 6.20 Å². The molecule has 0 radical (unpaired) electrons. The molecule has 20 heavy (non-hydrogen) atoms. The van der Waals surface area contributed by atoms with Crippen LogP contribution in [0.1, 0.15) is 32.0 Å². The van der Waals surface area contributed by atoms with Crippen LogP contribution in [0.3, 0.4) is 0 Å². The molecule has 0 unspecified atom stereocenters. The van der Waals surface area contributed by atoms with Gasteiger partial charge in [-0.1, -0.05) is 0 Å². The molecule has 1 N–H and O–H groups in total. The Morgan fingerprint density at radius 2 is 1.75 bits per heavy atom. The highest BCUT2D eigenvalue weighted by molar-refractivity contribution is 5.22. The number of pyridine rings is 1. The summed E-state index contributed by atoms with van der Waals surface area (Å²) < 4.78 is 5.53. The normalized spacial score (nSPS) is 11.4. The highest BCUT2D eigenvalue weighted by atomic mass is 16.5. The largest absolute Gasteiger partial charge is 0.423 e. The van der Waals surface area contributed by atoms with Crippen LogP contribution in [0.4, 0.5) is 0 Å². The van der Waals surface area contributed by atoms with E-state index in [1.165, 1.54) is 0 Å². The van der Waals surface area contributed by atoms with Crippen molar-refractivity contribution in [3.8, 4) is 11.8 Å². The Morgan fingerprint density at radius 3 is 2.30 bits per heavy atom. The van der Waals surface area contributed by atoms with Crippen LogP contribution >= 0.6 is 0 Å². The Hall–Kier alpha value is -2.01. The first-order valence-corrected chi connectivity index (χ1v) is 6.59. The fraction of sp³-hybridized carbons (Fsp3) is 0.400. The van der Waals surface area contributed by atoms with Gasteiger partial charge in [0.25, 0.3) is 0 Å². The summed E-state index contributed by atoms with van der Waals surface area (Å²) in [5, 5.41) is 3.38. The van der Waals surface area contributed by atoms with Crippen molar-refractivity contribution in [3.63, 3.8) is 0 Å². The minimum atomic E-state index is 0.0722. The van der Waals surface area contributed by atoms with Gasteiger partial charge < -0.3 is 10.1 Å². The molecule has 5 heteroatoms. The molecule has 2 aromatic rings. The molecular formula is C15H20N4O. The van der Waals surface area contributed by atoms with Gasteiger partial charge in [-0.25, -0.2) is 9.97 Å². The average Bonchev–Trinajstić information content (AvgIpc) is 2.40. The molecular weight excluding hydrogens is 252 g/mol. The smallest absolute Gasteiger partial charge is 0.321 e. The van der Waals surface area contributed by atoms with E-state index in [1.807, 2.05) is 19.1 Å². The van der Waals surface area contributed by atoms with E-state index in [1.54, 1.807) is 18.6 Å². The molecule has 2 aromatic heterocycles. The standard InChI is InChI=1S/C15H20N4O/c1-11-5-6-13(10-16-11)20-14-17-7-12(8-18-14)9-19-15(2,3)4/h5-8,10,19H,9H2,1-4H3. The Balaban J connectivity index is 1.96. The fourth-order valence-electron chi connectivity index (χ4n) is 1.47. The van der Waals surface area contributed by atoms with Gasteiger partial charge in [0.1, 0.15) is 5.75 Å². The van der Waals surface area contributed by atoms with E-state index in [9.17, 15) is 0 Å². The molecule has 0 saturated carbocycles. The summed E-state index contributed by atoms with van der Waals surface area (Å²) in [4.78, 5) is 12.6. The van der Waals surface area contributed by atoms with E-state index >= 15 is 0 Å². The summed E-state index contributed by atoms with van der Waals surface area (Å²) in [6.07, 6.45) is 5.19. The number of aryl methyl sites for hydroxylation is 1. The van der Waals surface area contributed by atoms with Gasteiger partial charge in [0, 0.05) is 35.7 Å². The number of ether oxygens (including phenoxy) is 1. The van der Waals surface area contributed by atoms with Crippen molar-refractivity contribution in [3.05, 3.63) is 42.0 Å². The number of nitrogens with zero attached hydrogens (tertiary/aromatic N) is 3. The summed E-state index contributed by atoms with van der Waals surface area (Å²) in [6.45, 7) is 9.02. The van der Waals surface area contributed by atoms with E-state index in [4.69, 9.17) is 4.74 Å². The summed E-state index contributed by atoms with van der Waals surface area (Å²) in [6, 6.07) is 4.06. The summed E-state index contributed by atoms with van der Waals surface area (Å²) in [5.74, 6) is 0.635. The molecule has 0 aromatic carbocycles. The van der Waals surface area contributed by atoms with Gasteiger partial charge in [0.15, 0.2) is 0 Å². The number of hydrogen-bond acceptors (Lipinski definition) is 5. The molecule has 0 fully saturated rings. The van der Waals surface area contributed by atoms with Crippen LogP contribution in [0.25, 0.3) is 0 Å². The number of nitrogens with one attached hydrogen (secondary N) is 1. The zero-order valence-corrected chi connectivity index (χ0v) is 12.3. The molecule has 0 amide bonds. The first-order chi connectivity index (χ1) is 9.42.